The molecule has 3 N–H and O–H groups in total. The Hall–Kier alpha value is -0.670. The Kier molecular flexibility index (Phi) is 2.47. The highest BCUT2D eigenvalue weighted by molar-refractivity contribution is 7.97. The first-order chi connectivity index (χ1) is 6.25. The van der Waals surface area contributed by atoms with Crippen molar-refractivity contribution in [2.75, 3.05) is 5.73 Å². The third-order valence-corrected chi connectivity index (χ3v) is 3.10. The second-order valence-electron chi connectivity index (χ2n) is 3.51. The van der Waals surface area contributed by atoms with Crippen LogP contribution in [-0.2, 0) is 0 Å². The van der Waals surface area contributed by atoms with Gasteiger partial charge in [-0.1, -0.05) is 0 Å². The van der Waals surface area contributed by atoms with Gasteiger partial charge in [0.05, 0.1) is 0 Å². The average Bonchev–Trinajstić information content (AvgIpc) is 2.91. The normalized spacial score (nSPS) is 16.1. The molecule has 0 bridgehead atoms. The number of nitrogens with one attached hydrogen (secondary N) is 1. The molecule has 0 heterocycles. The van der Waals surface area contributed by atoms with Crippen LogP contribution in [0.3, 0.4) is 0 Å². The summed E-state index contributed by atoms with van der Waals surface area (Å²) >= 11 is 1.71. The quantitative estimate of drug-likeness (QED) is 0.573. The third-order valence-electron chi connectivity index (χ3n) is 2.16. The molecular weight excluding hydrogens is 180 g/mol. The van der Waals surface area contributed by atoms with Gasteiger partial charge < -0.3 is 5.73 Å². The lowest BCUT2D eigenvalue weighted by Crippen LogP contribution is -2.04. The number of benzene rings is 1. The average molecular weight is 194 g/mol. The molecule has 2 rings (SSSR count). The van der Waals surface area contributed by atoms with Crippen LogP contribution < -0.4 is 10.5 Å². The van der Waals surface area contributed by atoms with E-state index in [1.807, 2.05) is 13.0 Å². The highest BCUT2D eigenvalue weighted by atomic mass is 32.2. The molecule has 3 heteroatoms. The van der Waals surface area contributed by atoms with Crippen molar-refractivity contribution < 1.29 is 0 Å². The Morgan fingerprint density at radius 1 is 1.46 bits per heavy atom. The number of hydrogen-bond acceptors (Lipinski definition) is 3. The molecule has 1 fully saturated rings. The van der Waals surface area contributed by atoms with Crippen molar-refractivity contribution >= 4 is 17.6 Å². The number of anilines is 1. The highest BCUT2D eigenvalue weighted by Crippen LogP contribution is 2.26. The smallest absolute Gasteiger partial charge is 0.0344 e. The van der Waals surface area contributed by atoms with Crippen LogP contribution in [0.5, 0.6) is 0 Å². The van der Waals surface area contributed by atoms with E-state index in [-0.39, 0.29) is 0 Å². The molecule has 0 aromatic heterocycles. The summed E-state index contributed by atoms with van der Waals surface area (Å²) in [4.78, 5) is 1.25. The first kappa shape index (κ1) is 8.91. The molecule has 0 aliphatic heterocycles. The van der Waals surface area contributed by atoms with E-state index >= 15 is 0 Å². The van der Waals surface area contributed by atoms with Crippen LogP contribution in [0.4, 0.5) is 5.69 Å². The van der Waals surface area contributed by atoms with Crippen LogP contribution in [0, 0.1) is 6.92 Å². The minimum atomic E-state index is 0.739. The summed E-state index contributed by atoms with van der Waals surface area (Å²) in [7, 11) is 0. The van der Waals surface area contributed by atoms with Crippen LogP contribution in [0.15, 0.2) is 23.1 Å². The van der Waals surface area contributed by atoms with Crippen LogP contribution in [0.25, 0.3) is 0 Å². The predicted octanol–water partition coefficient (Wildman–Crippen LogP) is 2.34. The van der Waals surface area contributed by atoms with Gasteiger partial charge in [-0.3, -0.25) is 4.72 Å². The molecule has 0 atom stereocenters. The molecule has 70 valence electrons. The largest absolute Gasteiger partial charge is 0.399 e. The van der Waals surface area contributed by atoms with E-state index in [9.17, 15) is 0 Å². The number of nitrogens with two attached hydrogens (primary N) is 1. The van der Waals surface area contributed by atoms with Crippen molar-refractivity contribution in [2.24, 2.45) is 0 Å². The third kappa shape index (κ3) is 2.39. The first-order valence-electron chi connectivity index (χ1n) is 4.54. The maximum Gasteiger partial charge on any atom is 0.0344 e. The molecule has 1 aliphatic carbocycles. The second-order valence-corrected chi connectivity index (χ2v) is 4.42. The summed E-state index contributed by atoms with van der Waals surface area (Å²) in [5.41, 5.74) is 7.75. The number of aryl methyl sites for hydroxylation is 1. The van der Waals surface area contributed by atoms with E-state index in [0.29, 0.717) is 0 Å². The van der Waals surface area contributed by atoms with E-state index in [1.165, 1.54) is 17.7 Å². The van der Waals surface area contributed by atoms with Gasteiger partial charge in [0.15, 0.2) is 0 Å². The predicted molar refractivity (Wildman–Crippen MR) is 57.6 cm³/mol. The van der Waals surface area contributed by atoms with Gasteiger partial charge in [-0.2, -0.15) is 0 Å². The van der Waals surface area contributed by atoms with Crippen LogP contribution >= 0.6 is 11.9 Å². The van der Waals surface area contributed by atoms with Gasteiger partial charge in [0.1, 0.15) is 0 Å². The molecule has 0 spiro atoms. The SMILES string of the molecule is Cc1cc(SNC2CC2)ccc1N. The summed E-state index contributed by atoms with van der Waals surface area (Å²) in [5, 5.41) is 0. The minimum Gasteiger partial charge on any atom is -0.399 e. The van der Waals surface area contributed by atoms with Crippen molar-refractivity contribution in [1.29, 1.82) is 0 Å². The van der Waals surface area contributed by atoms with Crippen LogP contribution in [0.1, 0.15) is 18.4 Å². The maximum absolute atomic E-state index is 5.73. The van der Waals surface area contributed by atoms with E-state index in [1.54, 1.807) is 11.9 Å². The molecule has 1 saturated carbocycles. The standard InChI is InChI=1S/C10H14N2S/c1-7-6-9(4-5-10(7)11)13-12-8-2-3-8/h4-6,8,12H,2-3,11H2,1H3. The zero-order chi connectivity index (χ0) is 9.26. The molecule has 0 unspecified atom stereocenters. The lowest BCUT2D eigenvalue weighted by Gasteiger charge is -2.04. The lowest BCUT2D eigenvalue weighted by molar-refractivity contribution is 0.969. The fraction of sp³-hybridized carbons (Fsp3) is 0.400. The van der Waals surface area contributed by atoms with Crippen molar-refractivity contribution in [3.05, 3.63) is 23.8 Å². The zero-order valence-corrected chi connectivity index (χ0v) is 8.53. The summed E-state index contributed by atoms with van der Waals surface area (Å²) in [6.45, 7) is 2.04. The summed E-state index contributed by atoms with van der Waals surface area (Å²) in [6.07, 6.45) is 2.64. The van der Waals surface area contributed by atoms with E-state index < -0.39 is 0 Å². The number of nitrogen functional groups attached to an aromatic ring is 1. The van der Waals surface area contributed by atoms with Gasteiger partial charge >= 0.3 is 0 Å². The summed E-state index contributed by atoms with van der Waals surface area (Å²) in [5.74, 6) is 0. The Bertz CT molecular complexity index is 308. The molecule has 2 nitrogen and oxygen atoms in total. The van der Waals surface area contributed by atoms with E-state index in [0.717, 1.165) is 17.3 Å². The van der Waals surface area contributed by atoms with Crippen molar-refractivity contribution in [3.63, 3.8) is 0 Å². The number of rotatable bonds is 3. The molecule has 1 aromatic carbocycles. The van der Waals surface area contributed by atoms with E-state index in [4.69, 9.17) is 5.73 Å². The van der Waals surface area contributed by atoms with E-state index in [2.05, 4.69) is 16.9 Å². The molecule has 1 aliphatic rings. The minimum absolute atomic E-state index is 0.739. The first-order valence-corrected chi connectivity index (χ1v) is 5.36. The Morgan fingerprint density at radius 2 is 2.23 bits per heavy atom. The second kappa shape index (κ2) is 3.60. The van der Waals surface area contributed by atoms with Crippen LogP contribution in [-0.4, -0.2) is 6.04 Å². The molecule has 1 aromatic rings. The van der Waals surface area contributed by atoms with Gasteiger partial charge in [-0.05, 0) is 55.5 Å². The fourth-order valence-electron chi connectivity index (χ4n) is 1.06. The van der Waals surface area contributed by atoms with Gasteiger partial charge in [0.25, 0.3) is 0 Å². The van der Waals surface area contributed by atoms with Crippen molar-refractivity contribution in [2.45, 2.75) is 30.7 Å². The molecular formula is C10H14N2S. The summed E-state index contributed by atoms with van der Waals surface area (Å²) in [6, 6.07) is 6.88. The molecule has 13 heavy (non-hydrogen) atoms. The van der Waals surface area contributed by atoms with Gasteiger partial charge in [0, 0.05) is 16.6 Å². The zero-order valence-electron chi connectivity index (χ0n) is 7.71. The topological polar surface area (TPSA) is 38.0 Å². The lowest BCUT2D eigenvalue weighted by atomic mass is 10.2. The van der Waals surface area contributed by atoms with Gasteiger partial charge in [-0.15, -0.1) is 0 Å². The van der Waals surface area contributed by atoms with Crippen molar-refractivity contribution in [3.8, 4) is 0 Å². The van der Waals surface area contributed by atoms with Crippen LogP contribution in [0.2, 0.25) is 0 Å². The van der Waals surface area contributed by atoms with Gasteiger partial charge in [-0.25, -0.2) is 0 Å². The Morgan fingerprint density at radius 3 is 2.85 bits per heavy atom. The molecule has 0 amide bonds. The van der Waals surface area contributed by atoms with Gasteiger partial charge in [0.2, 0.25) is 0 Å². The maximum atomic E-state index is 5.73. The Labute approximate surface area is 83.0 Å². The van der Waals surface area contributed by atoms with Crippen molar-refractivity contribution in [1.82, 2.24) is 4.72 Å². The summed E-state index contributed by atoms with van der Waals surface area (Å²) < 4.78 is 3.40. The highest BCUT2D eigenvalue weighted by Gasteiger charge is 2.20. The number of hydrogen-bond donors (Lipinski definition) is 2. The Balaban J connectivity index is 1.98. The fourth-order valence-corrected chi connectivity index (χ4v) is 1.97. The molecule has 0 radical (unpaired) electrons. The molecule has 0 saturated heterocycles. The monoisotopic (exact) mass is 194 g/mol.